The number of hydrogen-bond acceptors (Lipinski definition) is 9. The fraction of sp³-hybridized carbons (Fsp3) is 0.233. The van der Waals surface area contributed by atoms with E-state index in [2.05, 4.69) is 37.0 Å². The van der Waals surface area contributed by atoms with Crippen LogP contribution in [0.25, 0.3) is 10.9 Å². The van der Waals surface area contributed by atoms with Crippen LogP contribution in [0.15, 0.2) is 79.4 Å². The molecule has 0 amide bonds. The summed E-state index contributed by atoms with van der Waals surface area (Å²) < 4.78 is 7.14. The lowest BCUT2D eigenvalue weighted by molar-refractivity contribution is -0.0293. The number of aliphatic hydroxyl groups is 1. The van der Waals surface area contributed by atoms with E-state index in [4.69, 9.17) is 16.3 Å². The molecule has 41 heavy (non-hydrogen) atoms. The second-order valence-electron chi connectivity index (χ2n) is 9.81. The van der Waals surface area contributed by atoms with E-state index in [1.54, 1.807) is 12.4 Å². The topological polar surface area (TPSA) is 134 Å². The minimum absolute atomic E-state index is 0.0223. The fourth-order valence-electron chi connectivity index (χ4n) is 4.91. The number of ether oxygens (including phenoxy) is 1. The van der Waals surface area contributed by atoms with Gasteiger partial charge in [-0.25, -0.2) is 4.68 Å². The molecule has 2 aromatic carbocycles. The lowest BCUT2D eigenvalue weighted by atomic mass is 10.0. The third kappa shape index (κ3) is 5.56. The average molecular weight is 567 g/mol. The summed E-state index contributed by atoms with van der Waals surface area (Å²) in [4.78, 5) is 8.80. The number of nitriles is 1. The predicted molar refractivity (Wildman–Crippen MR) is 156 cm³/mol. The van der Waals surface area contributed by atoms with Gasteiger partial charge in [-0.15, -0.1) is 5.10 Å². The van der Waals surface area contributed by atoms with Crippen LogP contribution < -0.4 is 10.6 Å². The predicted octanol–water partition coefficient (Wildman–Crippen LogP) is 5.05. The summed E-state index contributed by atoms with van der Waals surface area (Å²) in [7, 11) is 0. The number of rotatable bonds is 10. The summed E-state index contributed by atoms with van der Waals surface area (Å²) in [6.07, 6.45) is 7.40. The molecule has 0 radical (unpaired) electrons. The molecule has 10 nitrogen and oxygen atoms in total. The Bertz CT molecular complexity index is 1690. The zero-order valence-corrected chi connectivity index (χ0v) is 22.7. The molecule has 2 atom stereocenters. The normalized spacial score (nSPS) is 14.7. The molecule has 6 rings (SSSR count). The summed E-state index contributed by atoms with van der Waals surface area (Å²) in [5, 5.41) is 36.7. The number of hydrogen-bond donors (Lipinski definition) is 3. The van der Waals surface area contributed by atoms with Gasteiger partial charge in [-0.05, 0) is 35.7 Å². The summed E-state index contributed by atoms with van der Waals surface area (Å²) >= 11 is 6.78. The van der Waals surface area contributed by atoms with Crippen molar-refractivity contribution in [3.05, 3.63) is 107 Å². The average Bonchev–Trinajstić information content (AvgIpc) is 3.45. The number of aromatic nitrogens is 5. The Kier molecular flexibility index (Phi) is 7.73. The number of aliphatic hydroxyl groups excluding tert-OH is 1. The van der Waals surface area contributed by atoms with E-state index in [1.165, 1.54) is 6.20 Å². The van der Waals surface area contributed by atoms with Crippen LogP contribution in [0.2, 0.25) is 5.02 Å². The molecular weight excluding hydrogens is 540 g/mol. The standard InChI is InChI=1S/C30H27ClN8O2/c31-25-12-22(35-29(20-7-4-9-33-14-20)27-16-39(38-37-27)23-17-41-18-23)11-24-28(21(13-32)15-34-30(24)25)36-26(8-10-40)19-5-2-1-3-6-19/h1-7,9,11-12,14-16,23,26,29,35,40H,8,10,17-18H2,(H,34,36)/t26-,29+/m1/s1. The number of pyridine rings is 2. The maximum absolute atomic E-state index is 9.98. The van der Waals surface area contributed by atoms with Crippen LogP contribution in [0.1, 0.15) is 46.9 Å². The van der Waals surface area contributed by atoms with Crippen molar-refractivity contribution in [2.24, 2.45) is 0 Å². The third-order valence-corrected chi connectivity index (χ3v) is 7.42. The van der Waals surface area contributed by atoms with Gasteiger partial charge >= 0.3 is 0 Å². The van der Waals surface area contributed by atoms with Gasteiger partial charge in [0.15, 0.2) is 0 Å². The first kappa shape index (κ1) is 26.7. The molecule has 206 valence electrons. The number of fused-ring (bicyclic) bond motifs is 1. The molecule has 1 aliphatic heterocycles. The summed E-state index contributed by atoms with van der Waals surface area (Å²) in [5.41, 5.74) is 4.84. The minimum atomic E-state index is -0.373. The van der Waals surface area contributed by atoms with Crippen LogP contribution in [0.4, 0.5) is 11.4 Å². The zero-order chi connectivity index (χ0) is 28.2. The van der Waals surface area contributed by atoms with Gasteiger partial charge in [0, 0.05) is 36.3 Å². The molecule has 1 aliphatic rings. The fourth-order valence-corrected chi connectivity index (χ4v) is 5.18. The van der Waals surface area contributed by atoms with Crippen LogP contribution >= 0.6 is 11.6 Å². The quantitative estimate of drug-likeness (QED) is 0.212. The van der Waals surface area contributed by atoms with Gasteiger partial charge < -0.3 is 20.5 Å². The van der Waals surface area contributed by atoms with E-state index in [0.717, 1.165) is 16.8 Å². The van der Waals surface area contributed by atoms with Crippen molar-refractivity contribution in [3.8, 4) is 6.07 Å². The van der Waals surface area contributed by atoms with Crippen LogP contribution in [-0.4, -0.2) is 49.9 Å². The van der Waals surface area contributed by atoms with E-state index >= 15 is 0 Å². The Morgan fingerprint density at radius 2 is 1.93 bits per heavy atom. The van der Waals surface area contributed by atoms with Crippen molar-refractivity contribution in [2.45, 2.75) is 24.5 Å². The lowest BCUT2D eigenvalue weighted by Gasteiger charge is -2.25. The first-order valence-corrected chi connectivity index (χ1v) is 13.6. The molecule has 0 unspecified atom stereocenters. The van der Waals surface area contributed by atoms with Gasteiger partial charge in [0.1, 0.15) is 17.8 Å². The maximum Gasteiger partial charge on any atom is 0.110 e. The highest BCUT2D eigenvalue weighted by atomic mass is 35.5. The van der Waals surface area contributed by atoms with Crippen molar-refractivity contribution in [1.82, 2.24) is 25.0 Å². The first-order chi connectivity index (χ1) is 20.1. The van der Waals surface area contributed by atoms with Gasteiger partial charge in [0.2, 0.25) is 0 Å². The number of nitrogens with zero attached hydrogens (tertiary/aromatic N) is 6. The summed E-state index contributed by atoms with van der Waals surface area (Å²) in [6, 6.07) is 19.2. The van der Waals surface area contributed by atoms with Crippen molar-refractivity contribution in [1.29, 1.82) is 5.26 Å². The highest BCUT2D eigenvalue weighted by Gasteiger charge is 2.25. The number of anilines is 2. The van der Waals surface area contributed by atoms with Gasteiger partial charge in [-0.2, -0.15) is 5.26 Å². The van der Waals surface area contributed by atoms with E-state index < -0.39 is 0 Å². The molecule has 0 bridgehead atoms. The molecule has 0 aliphatic carbocycles. The van der Waals surface area contributed by atoms with Crippen LogP contribution in [0, 0.1) is 11.3 Å². The first-order valence-electron chi connectivity index (χ1n) is 13.2. The van der Waals surface area contributed by atoms with Crippen molar-refractivity contribution < 1.29 is 9.84 Å². The molecule has 5 aromatic rings. The SMILES string of the molecule is N#Cc1cnc2c(Cl)cc(N[C@@H](c3cccnc3)c3cn(C4COC4)nn3)cc2c1N[C@H](CCO)c1ccccc1. The van der Waals surface area contributed by atoms with E-state index in [0.29, 0.717) is 52.5 Å². The third-order valence-electron chi connectivity index (χ3n) is 7.13. The Balaban J connectivity index is 1.41. The van der Waals surface area contributed by atoms with E-state index in [9.17, 15) is 10.4 Å². The molecule has 4 heterocycles. The molecule has 0 saturated carbocycles. The number of nitrogens with one attached hydrogen (secondary N) is 2. The van der Waals surface area contributed by atoms with Crippen molar-refractivity contribution in [2.75, 3.05) is 30.5 Å². The largest absolute Gasteiger partial charge is 0.396 e. The second-order valence-corrected chi connectivity index (χ2v) is 10.2. The Labute approximate surface area is 241 Å². The van der Waals surface area contributed by atoms with Crippen LogP contribution in [0.3, 0.4) is 0 Å². The maximum atomic E-state index is 9.98. The second kappa shape index (κ2) is 11.9. The van der Waals surface area contributed by atoms with Crippen LogP contribution in [-0.2, 0) is 4.74 Å². The van der Waals surface area contributed by atoms with Gasteiger partial charge in [-0.3, -0.25) is 9.97 Å². The molecule has 1 saturated heterocycles. The summed E-state index contributed by atoms with van der Waals surface area (Å²) in [5.74, 6) is 0. The molecule has 0 spiro atoms. The van der Waals surface area contributed by atoms with Crippen molar-refractivity contribution >= 4 is 33.9 Å². The Hall–Kier alpha value is -4.56. The van der Waals surface area contributed by atoms with Gasteiger partial charge in [-0.1, -0.05) is 53.2 Å². The van der Waals surface area contributed by atoms with Gasteiger partial charge in [0.25, 0.3) is 0 Å². The molecule has 3 aromatic heterocycles. The molecule has 3 N–H and O–H groups in total. The number of halogens is 1. The van der Waals surface area contributed by atoms with Crippen molar-refractivity contribution in [3.63, 3.8) is 0 Å². The number of benzene rings is 2. The zero-order valence-electron chi connectivity index (χ0n) is 22.0. The summed E-state index contributed by atoms with van der Waals surface area (Å²) in [6.45, 7) is 1.20. The van der Waals surface area contributed by atoms with Gasteiger partial charge in [0.05, 0.1) is 53.3 Å². The van der Waals surface area contributed by atoms with E-state index in [-0.39, 0.29) is 24.7 Å². The Morgan fingerprint density at radius 3 is 2.63 bits per heavy atom. The molecule has 11 heteroatoms. The molecule has 1 fully saturated rings. The van der Waals surface area contributed by atoms with Crippen LogP contribution in [0.5, 0.6) is 0 Å². The highest BCUT2D eigenvalue weighted by Crippen LogP contribution is 2.37. The Morgan fingerprint density at radius 1 is 1.10 bits per heavy atom. The lowest BCUT2D eigenvalue weighted by Crippen LogP contribution is -2.31. The van der Waals surface area contributed by atoms with E-state index in [1.807, 2.05) is 65.5 Å². The minimum Gasteiger partial charge on any atom is -0.396 e. The molecular formula is C30H27ClN8O2. The highest BCUT2D eigenvalue weighted by molar-refractivity contribution is 6.35. The monoisotopic (exact) mass is 566 g/mol. The smallest absolute Gasteiger partial charge is 0.110 e.